The number of nitriles is 1. The number of anilines is 2. The molecule has 0 aliphatic carbocycles. The van der Waals surface area contributed by atoms with Crippen molar-refractivity contribution in [3.05, 3.63) is 41.7 Å². The van der Waals surface area contributed by atoms with Crippen molar-refractivity contribution in [3.63, 3.8) is 0 Å². The van der Waals surface area contributed by atoms with Gasteiger partial charge in [-0.1, -0.05) is 11.2 Å². The van der Waals surface area contributed by atoms with Gasteiger partial charge in [0.15, 0.2) is 5.82 Å². The van der Waals surface area contributed by atoms with Crippen molar-refractivity contribution in [1.82, 2.24) is 5.16 Å². The van der Waals surface area contributed by atoms with Crippen LogP contribution >= 0.6 is 11.8 Å². The minimum atomic E-state index is -0.432. The van der Waals surface area contributed by atoms with E-state index in [0.29, 0.717) is 22.8 Å². The van der Waals surface area contributed by atoms with Crippen molar-refractivity contribution < 1.29 is 14.1 Å². The van der Waals surface area contributed by atoms with Crippen molar-refractivity contribution in [2.75, 3.05) is 16.4 Å². The molecule has 0 aliphatic rings. The fraction of sp³-hybridized carbons (Fsp3) is 0.250. The molecule has 2 amide bonds. The van der Waals surface area contributed by atoms with Crippen LogP contribution in [0.15, 0.2) is 34.9 Å². The fourth-order valence-electron chi connectivity index (χ4n) is 1.79. The summed E-state index contributed by atoms with van der Waals surface area (Å²) >= 11 is 1.20. The van der Waals surface area contributed by atoms with E-state index in [0.717, 1.165) is 0 Å². The van der Waals surface area contributed by atoms with E-state index in [-0.39, 0.29) is 17.6 Å². The summed E-state index contributed by atoms with van der Waals surface area (Å²) in [5, 5.41) is 17.4. The summed E-state index contributed by atoms with van der Waals surface area (Å²) in [6, 6.07) is 10.3. The number of hydrogen-bond acceptors (Lipinski definition) is 6. The van der Waals surface area contributed by atoms with Crippen molar-refractivity contribution >= 4 is 35.1 Å². The number of carbonyl (C=O) groups is 2. The SMILES string of the molecule is Cc1cc(NC(=O)C(C)SCC(=O)Nc2cccc(C#N)c2)no1. The number of aryl methyl sites for hydroxylation is 1. The highest BCUT2D eigenvalue weighted by atomic mass is 32.2. The van der Waals surface area contributed by atoms with E-state index in [9.17, 15) is 9.59 Å². The Labute approximate surface area is 143 Å². The number of carbonyl (C=O) groups excluding carboxylic acids is 2. The molecule has 0 spiro atoms. The van der Waals surface area contributed by atoms with Crippen LogP contribution in [0.5, 0.6) is 0 Å². The van der Waals surface area contributed by atoms with Gasteiger partial charge < -0.3 is 15.2 Å². The third kappa shape index (κ3) is 5.14. The van der Waals surface area contributed by atoms with Crippen molar-refractivity contribution in [2.24, 2.45) is 0 Å². The summed E-state index contributed by atoms with van der Waals surface area (Å²) in [6.07, 6.45) is 0. The molecule has 0 saturated carbocycles. The Morgan fingerprint density at radius 3 is 2.83 bits per heavy atom. The Kier molecular flexibility index (Phi) is 5.98. The number of benzene rings is 1. The standard InChI is InChI=1S/C16H16N4O3S/c1-10-6-14(20-23-10)19-16(22)11(2)24-9-15(21)18-13-5-3-4-12(7-13)8-17/h3-7,11H,9H2,1-2H3,(H,18,21)(H,19,20,22). The van der Waals surface area contributed by atoms with Crippen LogP contribution in [0.2, 0.25) is 0 Å². The number of aromatic nitrogens is 1. The molecule has 0 radical (unpaired) electrons. The van der Waals surface area contributed by atoms with Gasteiger partial charge in [-0.2, -0.15) is 5.26 Å². The Morgan fingerprint density at radius 2 is 2.17 bits per heavy atom. The number of nitrogens with one attached hydrogen (secondary N) is 2. The first-order chi connectivity index (χ1) is 11.5. The maximum absolute atomic E-state index is 12.0. The number of nitrogens with zero attached hydrogens (tertiary/aromatic N) is 2. The first kappa shape index (κ1) is 17.6. The molecule has 2 N–H and O–H groups in total. The van der Waals surface area contributed by atoms with E-state index in [1.807, 2.05) is 6.07 Å². The Balaban J connectivity index is 1.80. The lowest BCUT2D eigenvalue weighted by Gasteiger charge is -2.10. The van der Waals surface area contributed by atoms with E-state index in [1.54, 1.807) is 44.2 Å². The molecular weight excluding hydrogens is 328 g/mol. The molecule has 2 rings (SSSR count). The quantitative estimate of drug-likeness (QED) is 0.834. The van der Waals surface area contributed by atoms with Gasteiger partial charge in [0.1, 0.15) is 5.76 Å². The Bertz CT molecular complexity index is 782. The highest BCUT2D eigenvalue weighted by Gasteiger charge is 2.16. The smallest absolute Gasteiger partial charge is 0.238 e. The second-order valence-corrected chi connectivity index (χ2v) is 6.34. The maximum Gasteiger partial charge on any atom is 0.238 e. The van der Waals surface area contributed by atoms with Crippen LogP contribution in [0.4, 0.5) is 11.5 Å². The lowest BCUT2D eigenvalue weighted by molar-refractivity contribution is -0.115. The van der Waals surface area contributed by atoms with E-state index in [1.165, 1.54) is 11.8 Å². The van der Waals surface area contributed by atoms with Crippen LogP contribution in [-0.4, -0.2) is 28.0 Å². The first-order valence-electron chi connectivity index (χ1n) is 7.13. The van der Waals surface area contributed by atoms with Gasteiger partial charge in [0, 0.05) is 11.8 Å². The summed E-state index contributed by atoms with van der Waals surface area (Å²) in [5.41, 5.74) is 1.02. The zero-order valence-corrected chi connectivity index (χ0v) is 14.0. The molecule has 1 unspecified atom stereocenters. The highest BCUT2D eigenvalue weighted by molar-refractivity contribution is 8.01. The van der Waals surface area contributed by atoms with Crippen LogP contribution in [0.3, 0.4) is 0 Å². The molecule has 7 nitrogen and oxygen atoms in total. The lowest BCUT2D eigenvalue weighted by atomic mass is 10.2. The van der Waals surface area contributed by atoms with Gasteiger partial charge in [0.2, 0.25) is 11.8 Å². The zero-order valence-electron chi connectivity index (χ0n) is 13.2. The van der Waals surface area contributed by atoms with Gasteiger partial charge in [-0.3, -0.25) is 9.59 Å². The minimum absolute atomic E-state index is 0.114. The zero-order chi connectivity index (χ0) is 17.5. The predicted molar refractivity (Wildman–Crippen MR) is 91.6 cm³/mol. The molecule has 1 heterocycles. The third-order valence-corrected chi connectivity index (χ3v) is 4.13. The van der Waals surface area contributed by atoms with Crippen molar-refractivity contribution in [3.8, 4) is 6.07 Å². The summed E-state index contributed by atoms with van der Waals surface area (Å²) in [7, 11) is 0. The van der Waals surface area contributed by atoms with Gasteiger partial charge in [-0.05, 0) is 32.0 Å². The van der Waals surface area contributed by atoms with E-state index < -0.39 is 5.25 Å². The summed E-state index contributed by atoms with van der Waals surface area (Å²) in [5.74, 6) is 0.565. The van der Waals surface area contributed by atoms with Gasteiger partial charge >= 0.3 is 0 Å². The monoisotopic (exact) mass is 344 g/mol. The fourth-order valence-corrected chi connectivity index (χ4v) is 2.48. The highest BCUT2D eigenvalue weighted by Crippen LogP contribution is 2.15. The summed E-state index contributed by atoms with van der Waals surface area (Å²) in [4.78, 5) is 23.9. The largest absolute Gasteiger partial charge is 0.360 e. The molecule has 0 saturated heterocycles. The minimum Gasteiger partial charge on any atom is -0.360 e. The van der Waals surface area contributed by atoms with Crippen LogP contribution in [0.25, 0.3) is 0 Å². The topological polar surface area (TPSA) is 108 Å². The van der Waals surface area contributed by atoms with Crippen LogP contribution in [0.1, 0.15) is 18.2 Å². The first-order valence-corrected chi connectivity index (χ1v) is 8.18. The van der Waals surface area contributed by atoms with E-state index >= 15 is 0 Å². The molecule has 0 aliphatic heterocycles. The van der Waals surface area contributed by atoms with Crippen LogP contribution in [0, 0.1) is 18.3 Å². The normalized spacial score (nSPS) is 11.4. The molecule has 1 atom stereocenters. The molecule has 124 valence electrons. The summed E-state index contributed by atoms with van der Waals surface area (Å²) < 4.78 is 4.87. The average Bonchev–Trinajstić information content (AvgIpc) is 2.97. The van der Waals surface area contributed by atoms with Crippen LogP contribution < -0.4 is 10.6 Å². The Morgan fingerprint density at radius 1 is 1.38 bits per heavy atom. The molecule has 0 bridgehead atoms. The van der Waals surface area contributed by atoms with E-state index in [4.69, 9.17) is 9.78 Å². The molecular formula is C16H16N4O3S. The molecule has 1 aromatic heterocycles. The average molecular weight is 344 g/mol. The summed E-state index contributed by atoms with van der Waals surface area (Å²) in [6.45, 7) is 3.43. The molecule has 2 aromatic rings. The molecule has 0 fully saturated rings. The molecule has 8 heteroatoms. The van der Waals surface area contributed by atoms with Gasteiger partial charge in [0.25, 0.3) is 0 Å². The third-order valence-electron chi connectivity index (χ3n) is 2.99. The number of hydrogen-bond donors (Lipinski definition) is 2. The van der Waals surface area contributed by atoms with Crippen molar-refractivity contribution in [2.45, 2.75) is 19.1 Å². The number of thioether (sulfide) groups is 1. The lowest BCUT2D eigenvalue weighted by Crippen LogP contribution is -2.25. The predicted octanol–water partition coefficient (Wildman–Crippen LogP) is 2.55. The van der Waals surface area contributed by atoms with Gasteiger partial charge in [-0.25, -0.2) is 0 Å². The van der Waals surface area contributed by atoms with Crippen molar-refractivity contribution in [1.29, 1.82) is 5.26 Å². The Hall–Kier alpha value is -2.79. The number of rotatable bonds is 6. The van der Waals surface area contributed by atoms with Gasteiger partial charge in [0.05, 0.1) is 22.6 Å². The number of amides is 2. The second kappa shape index (κ2) is 8.17. The second-order valence-electron chi connectivity index (χ2n) is 5.01. The molecule has 24 heavy (non-hydrogen) atoms. The van der Waals surface area contributed by atoms with Gasteiger partial charge in [-0.15, -0.1) is 11.8 Å². The maximum atomic E-state index is 12.0. The van der Waals surface area contributed by atoms with E-state index in [2.05, 4.69) is 15.8 Å². The van der Waals surface area contributed by atoms with Crippen LogP contribution in [-0.2, 0) is 9.59 Å². The molecule has 1 aromatic carbocycles.